The first-order chi connectivity index (χ1) is 9.85. The summed E-state index contributed by atoms with van der Waals surface area (Å²) in [4.78, 5) is 0. The van der Waals surface area contributed by atoms with Crippen molar-refractivity contribution in [1.82, 2.24) is 0 Å². The van der Waals surface area contributed by atoms with Crippen molar-refractivity contribution >= 4 is 16.7 Å². The zero-order chi connectivity index (χ0) is 13.8. The normalized spacial score (nSPS) is 10.8. The number of hydrogen-bond donors (Lipinski definition) is 1. The van der Waals surface area contributed by atoms with Gasteiger partial charge in [-0.15, -0.1) is 0 Å². The minimum absolute atomic E-state index is 0.625. The molecule has 0 saturated carbocycles. The van der Waals surface area contributed by atoms with Crippen LogP contribution in [0.4, 0.5) is 5.69 Å². The molecule has 1 heterocycles. The highest BCUT2D eigenvalue weighted by Crippen LogP contribution is 2.20. The van der Waals surface area contributed by atoms with Gasteiger partial charge in [0.1, 0.15) is 11.3 Å². The van der Waals surface area contributed by atoms with Crippen LogP contribution in [0.15, 0.2) is 59.0 Å². The van der Waals surface area contributed by atoms with Gasteiger partial charge in [0.2, 0.25) is 0 Å². The van der Waals surface area contributed by atoms with Gasteiger partial charge in [0.25, 0.3) is 0 Å². The minimum atomic E-state index is 0.625. The zero-order valence-electron chi connectivity index (χ0n) is 11.4. The molecule has 20 heavy (non-hydrogen) atoms. The third kappa shape index (κ3) is 2.83. The second-order valence-electron chi connectivity index (χ2n) is 4.74. The summed E-state index contributed by atoms with van der Waals surface area (Å²) < 4.78 is 10.9. The standard InChI is InChI=1S/C17H17NO2/c1-19-12-13-5-4-7-15(9-13)18-11-16-10-14-6-2-3-8-17(14)20-16/h2-10,18H,11-12H2,1H3. The van der Waals surface area contributed by atoms with E-state index in [0.29, 0.717) is 13.2 Å². The first-order valence-corrected chi connectivity index (χ1v) is 6.64. The Balaban J connectivity index is 1.71. The van der Waals surface area contributed by atoms with Gasteiger partial charge in [-0.3, -0.25) is 0 Å². The second-order valence-corrected chi connectivity index (χ2v) is 4.74. The fraction of sp³-hybridized carbons (Fsp3) is 0.176. The summed E-state index contributed by atoms with van der Waals surface area (Å²) in [7, 11) is 1.70. The molecule has 0 saturated heterocycles. The van der Waals surface area contributed by atoms with Crippen LogP contribution >= 0.6 is 0 Å². The van der Waals surface area contributed by atoms with E-state index in [1.807, 2.05) is 30.3 Å². The fourth-order valence-electron chi connectivity index (χ4n) is 2.25. The molecule has 3 nitrogen and oxygen atoms in total. The van der Waals surface area contributed by atoms with Crippen molar-refractivity contribution in [3.63, 3.8) is 0 Å². The molecule has 1 N–H and O–H groups in total. The van der Waals surface area contributed by atoms with Gasteiger partial charge in [-0.1, -0.05) is 30.3 Å². The number of ether oxygens (including phenoxy) is 1. The van der Waals surface area contributed by atoms with Crippen LogP contribution in [0.25, 0.3) is 11.0 Å². The summed E-state index contributed by atoms with van der Waals surface area (Å²) >= 11 is 0. The number of para-hydroxylation sites is 1. The molecule has 1 aromatic heterocycles. The van der Waals surface area contributed by atoms with E-state index in [9.17, 15) is 0 Å². The predicted molar refractivity (Wildman–Crippen MR) is 80.7 cm³/mol. The van der Waals surface area contributed by atoms with Crippen molar-refractivity contribution in [1.29, 1.82) is 0 Å². The van der Waals surface area contributed by atoms with E-state index in [0.717, 1.165) is 28.0 Å². The van der Waals surface area contributed by atoms with Crippen LogP contribution in [0.1, 0.15) is 11.3 Å². The van der Waals surface area contributed by atoms with Crippen LogP contribution in [-0.2, 0) is 17.9 Å². The number of nitrogens with one attached hydrogen (secondary N) is 1. The highest BCUT2D eigenvalue weighted by Gasteiger charge is 2.03. The van der Waals surface area contributed by atoms with Crippen LogP contribution < -0.4 is 5.32 Å². The number of methoxy groups -OCH3 is 1. The van der Waals surface area contributed by atoms with Gasteiger partial charge >= 0.3 is 0 Å². The molecule has 0 spiro atoms. The number of rotatable bonds is 5. The van der Waals surface area contributed by atoms with Crippen molar-refractivity contribution in [3.05, 3.63) is 65.9 Å². The fourth-order valence-corrected chi connectivity index (χ4v) is 2.25. The lowest BCUT2D eigenvalue weighted by atomic mass is 10.2. The average molecular weight is 267 g/mol. The summed E-state index contributed by atoms with van der Waals surface area (Å²) in [5, 5.41) is 4.51. The van der Waals surface area contributed by atoms with Gasteiger partial charge in [-0.05, 0) is 29.8 Å². The van der Waals surface area contributed by atoms with Crippen molar-refractivity contribution in [2.75, 3.05) is 12.4 Å². The third-order valence-corrected chi connectivity index (χ3v) is 3.18. The van der Waals surface area contributed by atoms with Crippen molar-refractivity contribution in [2.45, 2.75) is 13.2 Å². The number of fused-ring (bicyclic) bond motifs is 1. The summed E-state index contributed by atoms with van der Waals surface area (Å²) in [6.07, 6.45) is 0. The molecule has 0 bridgehead atoms. The highest BCUT2D eigenvalue weighted by molar-refractivity contribution is 5.77. The molecule has 0 aliphatic carbocycles. The van der Waals surface area contributed by atoms with Crippen molar-refractivity contribution < 1.29 is 9.15 Å². The van der Waals surface area contributed by atoms with Crippen molar-refractivity contribution in [3.8, 4) is 0 Å². The van der Waals surface area contributed by atoms with E-state index in [-0.39, 0.29) is 0 Å². The molecule has 0 atom stereocenters. The summed E-state index contributed by atoms with van der Waals surface area (Å²) in [6.45, 7) is 1.30. The third-order valence-electron chi connectivity index (χ3n) is 3.18. The maximum Gasteiger partial charge on any atom is 0.134 e. The minimum Gasteiger partial charge on any atom is -0.459 e. The van der Waals surface area contributed by atoms with Crippen LogP contribution in [0.5, 0.6) is 0 Å². The smallest absolute Gasteiger partial charge is 0.134 e. The molecule has 3 rings (SSSR count). The Morgan fingerprint density at radius 1 is 1.05 bits per heavy atom. The van der Waals surface area contributed by atoms with Gasteiger partial charge in [0, 0.05) is 18.2 Å². The number of furan rings is 1. The lowest BCUT2D eigenvalue weighted by Gasteiger charge is -2.06. The van der Waals surface area contributed by atoms with Crippen LogP contribution in [0.3, 0.4) is 0 Å². The molecule has 102 valence electrons. The zero-order valence-corrected chi connectivity index (χ0v) is 11.4. The molecular weight excluding hydrogens is 250 g/mol. The molecule has 0 amide bonds. The van der Waals surface area contributed by atoms with Gasteiger partial charge < -0.3 is 14.5 Å². The molecule has 0 unspecified atom stereocenters. The molecule has 3 aromatic rings. The largest absolute Gasteiger partial charge is 0.459 e. The highest BCUT2D eigenvalue weighted by atomic mass is 16.5. The van der Waals surface area contributed by atoms with Crippen molar-refractivity contribution in [2.24, 2.45) is 0 Å². The summed E-state index contributed by atoms with van der Waals surface area (Å²) in [6, 6.07) is 18.3. The van der Waals surface area contributed by atoms with E-state index in [4.69, 9.17) is 9.15 Å². The monoisotopic (exact) mass is 267 g/mol. The molecule has 0 aliphatic heterocycles. The number of hydrogen-bond acceptors (Lipinski definition) is 3. The summed E-state index contributed by atoms with van der Waals surface area (Å²) in [5.74, 6) is 0.934. The topological polar surface area (TPSA) is 34.4 Å². The quantitative estimate of drug-likeness (QED) is 0.752. The Bertz CT molecular complexity index is 670. The Kier molecular flexibility index (Phi) is 3.70. The Hall–Kier alpha value is -2.26. The van der Waals surface area contributed by atoms with E-state index in [1.54, 1.807) is 7.11 Å². The van der Waals surface area contributed by atoms with Crippen LogP contribution in [-0.4, -0.2) is 7.11 Å². The first-order valence-electron chi connectivity index (χ1n) is 6.64. The summed E-state index contributed by atoms with van der Waals surface area (Å²) in [5.41, 5.74) is 3.15. The van der Waals surface area contributed by atoms with Gasteiger partial charge in [-0.25, -0.2) is 0 Å². The van der Waals surface area contributed by atoms with Gasteiger partial charge in [-0.2, -0.15) is 0 Å². The molecule has 3 heteroatoms. The SMILES string of the molecule is COCc1cccc(NCc2cc3ccccc3o2)c1. The lowest BCUT2D eigenvalue weighted by Crippen LogP contribution is -1.98. The average Bonchev–Trinajstić information content (AvgIpc) is 2.89. The molecule has 0 radical (unpaired) electrons. The van der Waals surface area contributed by atoms with Gasteiger partial charge in [0.15, 0.2) is 0 Å². The molecule has 0 aliphatic rings. The Morgan fingerprint density at radius 3 is 2.80 bits per heavy atom. The molecular formula is C17H17NO2. The first kappa shape index (κ1) is 12.8. The Labute approximate surface area is 118 Å². The maximum atomic E-state index is 5.78. The van der Waals surface area contributed by atoms with E-state index < -0.39 is 0 Å². The molecule has 2 aromatic carbocycles. The van der Waals surface area contributed by atoms with Crippen LogP contribution in [0, 0.1) is 0 Å². The van der Waals surface area contributed by atoms with E-state index >= 15 is 0 Å². The predicted octanol–water partition coefficient (Wildman–Crippen LogP) is 4.19. The van der Waals surface area contributed by atoms with E-state index in [2.05, 4.69) is 29.6 Å². The maximum absolute atomic E-state index is 5.78. The Morgan fingerprint density at radius 2 is 1.95 bits per heavy atom. The lowest BCUT2D eigenvalue weighted by molar-refractivity contribution is 0.185. The van der Waals surface area contributed by atoms with E-state index in [1.165, 1.54) is 0 Å². The number of benzene rings is 2. The van der Waals surface area contributed by atoms with Gasteiger partial charge in [0.05, 0.1) is 13.2 Å². The second kappa shape index (κ2) is 5.80. The molecule has 0 fully saturated rings. The van der Waals surface area contributed by atoms with Crippen LogP contribution in [0.2, 0.25) is 0 Å². The number of anilines is 1.